The van der Waals surface area contributed by atoms with Crippen molar-refractivity contribution in [3.63, 3.8) is 0 Å². The third-order valence-electron chi connectivity index (χ3n) is 3.46. The summed E-state index contributed by atoms with van der Waals surface area (Å²) in [7, 11) is 0. The Morgan fingerprint density at radius 3 is 2.81 bits per heavy atom. The van der Waals surface area contributed by atoms with Crippen LogP contribution in [-0.2, 0) is 11.2 Å². The predicted octanol–water partition coefficient (Wildman–Crippen LogP) is 3.36. The van der Waals surface area contributed by atoms with Crippen LogP contribution in [0.15, 0.2) is 53.1 Å². The summed E-state index contributed by atoms with van der Waals surface area (Å²) < 4.78 is 18.3. The van der Waals surface area contributed by atoms with Gasteiger partial charge in [0.2, 0.25) is 17.6 Å². The third-order valence-corrected chi connectivity index (χ3v) is 3.46. The molecule has 0 saturated heterocycles. The van der Waals surface area contributed by atoms with Crippen LogP contribution in [0.5, 0.6) is 0 Å². The van der Waals surface area contributed by atoms with Gasteiger partial charge in [-0.1, -0.05) is 23.4 Å². The number of non-ortho nitro benzene ring substituents is 1. The van der Waals surface area contributed by atoms with Crippen LogP contribution >= 0.6 is 0 Å². The van der Waals surface area contributed by atoms with Crippen LogP contribution in [0.3, 0.4) is 0 Å². The molecule has 3 rings (SSSR count). The lowest BCUT2D eigenvalue weighted by Gasteiger charge is -2.03. The molecule has 3 aromatic rings. The van der Waals surface area contributed by atoms with Crippen LogP contribution in [0.4, 0.5) is 15.8 Å². The fourth-order valence-corrected chi connectivity index (χ4v) is 2.24. The molecule has 0 radical (unpaired) electrons. The molecule has 0 fully saturated rings. The number of halogens is 1. The molecule has 0 aliphatic heterocycles. The summed E-state index contributed by atoms with van der Waals surface area (Å²) in [5.74, 6) is -0.293. The van der Waals surface area contributed by atoms with Gasteiger partial charge < -0.3 is 9.84 Å². The summed E-state index contributed by atoms with van der Waals surface area (Å²) in [4.78, 5) is 26.3. The normalized spacial score (nSPS) is 10.5. The van der Waals surface area contributed by atoms with E-state index in [0.29, 0.717) is 11.3 Å². The molecule has 1 N–H and O–H groups in total. The third kappa shape index (κ3) is 4.26. The predicted molar refractivity (Wildman–Crippen MR) is 89.7 cm³/mol. The van der Waals surface area contributed by atoms with E-state index < -0.39 is 10.7 Å². The van der Waals surface area contributed by atoms with Gasteiger partial charge in [-0.15, -0.1) is 0 Å². The standard InChI is InChI=1S/C17H13FN4O4/c18-12-4-1-3-11(9-12)17-20-16(26-21-17)8-7-15(23)19-13-5-2-6-14(10-13)22(24)25/h1-6,9-10H,7-8H2,(H,19,23). The number of hydrogen-bond acceptors (Lipinski definition) is 6. The first kappa shape index (κ1) is 17.2. The van der Waals surface area contributed by atoms with Crippen molar-refractivity contribution in [1.82, 2.24) is 10.1 Å². The zero-order chi connectivity index (χ0) is 18.5. The summed E-state index contributed by atoms with van der Waals surface area (Å²) in [6, 6.07) is 11.4. The molecule has 9 heteroatoms. The monoisotopic (exact) mass is 356 g/mol. The van der Waals surface area contributed by atoms with Crippen molar-refractivity contribution in [1.29, 1.82) is 0 Å². The molecule has 0 unspecified atom stereocenters. The smallest absolute Gasteiger partial charge is 0.271 e. The van der Waals surface area contributed by atoms with E-state index in [9.17, 15) is 19.3 Å². The van der Waals surface area contributed by atoms with Crippen molar-refractivity contribution in [2.75, 3.05) is 5.32 Å². The van der Waals surface area contributed by atoms with Crippen molar-refractivity contribution in [3.8, 4) is 11.4 Å². The highest BCUT2D eigenvalue weighted by molar-refractivity contribution is 5.91. The van der Waals surface area contributed by atoms with Gasteiger partial charge in [-0.2, -0.15) is 4.98 Å². The molecule has 0 aliphatic carbocycles. The van der Waals surface area contributed by atoms with Gasteiger partial charge >= 0.3 is 0 Å². The zero-order valence-electron chi connectivity index (χ0n) is 13.4. The minimum Gasteiger partial charge on any atom is -0.339 e. The average molecular weight is 356 g/mol. The molecule has 1 heterocycles. The molecule has 1 amide bonds. The highest BCUT2D eigenvalue weighted by Gasteiger charge is 2.12. The number of aryl methyl sites for hydroxylation is 1. The second kappa shape index (κ2) is 7.51. The maximum absolute atomic E-state index is 13.2. The molecule has 2 aromatic carbocycles. The van der Waals surface area contributed by atoms with E-state index in [1.165, 1.54) is 36.4 Å². The molecule has 0 atom stereocenters. The molecule has 1 aromatic heterocycles. The molecular weight excluding hydrogens is 343 g/mol. The number of nitro groups is 1. The van der Waals surface area contributed by atoms with E-state index in [-0.39, 0.29) is 36.2 Å². The van der Waals surface area contributed by atoms with E-state index >= 15 is 0 Å². The maximum Gasteiger partial charge on any atom is 0.271 e. The topological polar surface area (TPSA) is 111 Å². The second-order valence-corrected chi connectivity index (χ2v) is 5.38. The van der Waals surface area contributed by atoms with Crippen molar-refractivity contribution in [2.45, 2.75) is 12.8 Å². The zero-order valence-corrected chi connectivity index (χ0v) is 13.4. The minimum absolute atomic E-state index is 0.0491. The SMILES string of the molecule is O=C(CCc1nc(-c2cccc(F)c2)no1)Nc1cccc([N+](=O)[O-])c1. The van der Waals surface area contributed by atoms with E-state index in [4.69, 9.17) is 4.52 Å². The Morgan fingerprint density at radius 1 is 1.23 bits per heavy atom. The van der Waals surface area contributed by atoms with Crippen molar-refractivity contribution in [2.24, 2.45) is 0 Å². The largest absolute Gasteiger partial charge is 0.339 e. The molecule has 8 nitrogen and oxygen atoms in total. The van der Waals surface area contributed by atoms with Crippen LogP contribution in [0.25, 0.3) is 11.4 Å². The molecule has 0 saturated carbocycles. The lowest BCUT2D eigenvalue weighted by molar-refractivity contribution is -0.384. The van der Waals surface area contributed by atoms with Crippen LogP contribution in [0.1, 0.15) is 12.3 Å². The number of nitro benzene ring substituents is 1. The number of rotatable bonds is 6. The summed E-state index contributed by atoms with van der Waals surface area (Å²) in [5, 5.41) is 17.1. The van der Waals surface area contributed by atoms with E-state index in [1.807, 2.05) is 0 Å². The van der Waals surface area contributed by atoms with Crippen molar-refractivity contribution < 1.29 is 18.6 Å². The quantitative estimate of drug-likeness (QED) is 0.535. The maximum atomic E-state index is 13.2. The molecule has 0 spiro atoms. The summed E-state index contributed by atoms with van der Waals surface area (Å²) in [6.45, 7) is 0. The fourth-order valence-electron chi connectivity index (χ4n) is 2.24. The van der Waals surface area contributed by atoms with Gasteiger partial charge in [0, 0.05) is 36.2 Å². The van der Waals surface area contributed by atoms with Crippen LogP contribution in [0, 0.1) is 15.9 Å². The van der Waals surface area contributed by atoms with Crippen LogP contribution < -0.4 is 5.32 Å². The molecule has 0 aliphatic rings. The molecule has 0 bridgehead atoms. The highest BCUT2D eigenvalue weighted by atomic mass is 19.1. The summed E-state index contributed by atoms with van der Waals surface area (Å²) in [5.41, 5.74) is 0.690. The number of benzene rings is 2. The van der Waals surface area contributed by atoms with E-state index in [0.717, 1.165) is 0 Å². The Labute approximate surface area is 146 Å². The Bertz CT molecular complexity index is 957. The minimum atomic E-state index is -0.540. The number of nitrogens with one attached hydrogen (secondary N) is 1. The number of nitrogens with zero attached hydrogens (tertiary/aromatic N) is 3. The van der Waals surface area contributed by atoms with Gasteiger partial charge in [-0.25, -0.2) is 4.39 Å². The summed E-state index contributed by atoms with van der Waals surface area (Å²) >= 11 is 0. The first-order chi connectivity index (χ1) is 12.5. The number of hydrogen-bond donors (Lipinski definition) is 1. The Hall–Kier alpha value is -3.62. The van der Waals surface area contributed by atoms with Crippen molar-refractivity contribution >= 4 is 17.3 Å². The number of carbonyl (C=O) groups excluding carboxylic acids is 1. The van der Waals surface area contributed by atoms with Gasteiger partial charge in [0.1, 0.15) is 5.82 Å². The Kier molecular flexibility index (Phi) is 4.97. The molecule has 26 heavy (non-hydrogen) atoms. The van der Waals surface area contributed by atoms with Gasteiger partial charge in [-0.05, 0) is 18.2 Å². The van der Waals surface area contributed by atoms with E-state index in [1.54, 1.807) is 12.1 Å². The Balaban J connectivity index is 1.58. The van der Waals surface area contributed by atoms with Gasteiger partial charge in [-0.3, -0.25) is 14.9 Å². The highest BCUT2D eigenvalue weighted by Crippen LogP contribution is 2.19. The first-order valence-corrected chi connectivity index (χ1v) is 7.64. The van der Waals surface area contributed by atoms with E-state index in [2.05, 4.69) is 15.5 Å². The number of amides is 1. The van der Waals surface area contributed by atoms with Crippen molar-refractivity contribution in [3.05, 3.63) is 70.4 Å². The van der Waals surface area contributed by atoms with Gasteiger partial charge in [0.05, 0.1) is 4.92 Å². The van der Waals surface area contributed by atoms with Crippen LogP contribution in [-0.4, -0.2) is 21.0 Å². The summed E-state index contributed by atoms with van der Waals surface area (Å²) in [6.07, 6.45) is 0.233. The number of carbonyl (C=O) groups is 1. The fraction of sp³-hybridized carbons (Fsp3) is 0.118. The van der Waals surface area contributed by atoms with Crippen LogP contribution in [0.2, 0.25) is 0 Å². The molecule has 132 valence electrons. The Morgan fingerprint density at radius 2 is 2.04 bits per heavy atom. The van der Waals surface area contributed by atoms with Gasteiger partial charge in [0.25, 0.3) is 5.69 Å². The number of anilines is 1. The number of aromatic nitrogens is 2. The first-order valence-electron chi connectivity index (χ1n) is 7.64. The molecular formula is C17H13FN4O4. The second-order valence-electron chi connectivity index (χ2n) is 5.38. The van der Waals surface area contributed by atoms with Gasteiger partial charge in [0.15, 0.2) is 0 Å². The average Bonchev–Trinajstić information content (AvgIpc) is 3.09. The lowest BCUT2D eigenvalue weighted by Crippen LogP contribution is -2.12. The lowest BCUT2D eigenvalue weighted by atomic mass is 10.2.